The molecule has 0 aliphatic rings. The van der Waals surface area contributed by atoms with Crippen LogP contribution in [0.3, 0.4) is 0 Å². The Balaban J connectivity index is 1.44. The van der Waals surface area contributed by atoms with E-state index in [4.69, 9.17) is 39.5 Å². The molecule has 0 radical (unpaired) electrons. The number of hydrogen-bond acceptors (Lipinski definition) is 5. The minimum Gasteiger partial charge on any atom is -0.497 e. The lowest BCUT2D eigenvalue weighted by molar-refractivity contribution is -0.142. The third-order valence-electron chi connectivity index (χ3n) is 5.63. The zero-order valence-electron chi connectivity index (χ0n) is 19.8. The van der Waals surface area contributed by atoms with Gasteiger partial charge in [-0.3, -0.25) is 9.48 Å². The lowest BCUT2D eigenvalue weighted by Gasteiger charge is -2.11. The molecule has 0 atom stereocenters. The van der Waals surface area contributed by atoms with Crippen LogP contribution >= 0.6 is 34.8 Å². The average Bonchev–Trinajstić information content (AvgIpc) is 3.47. The Morgan fingerprint density at radius 2 is 1.74 bits per heavy atom. The number of nitrogens with zero attached hydrogens (tertiary/aromatic N) is 5. The number of hydrogen-bond donors (Lipinski definition) is 1. The minimum atomic E-state index is -4.77. The number of amides is 1. The van der Waals surface area contributed by atoms with Crippen molar-refractivity contribution in [3.63, 3.8) is 0 Å². The Kier molecular flexibility index (Phi) is 7.15. The zero-order valence-corrected chi connectivity index (χ0v) is 22.1. The van der Waals surface area contributed by atoms with Gasteiger partial charge in [-0.1, -0.05) is 40.9 Å². The number of aromatic nitrogens is 5. The molecule has 3 aromatic heterocycles. The van der Waals surface area contributed by atoms with E-state index in [2.05, 4.69) is 20.5 Å². The molecule has 200 valence electrons. The van der Waals surface area contributed by atoms with Gasteiger partial charge in [0.15, 0.2) is 22.9 Å². The zero-order chi connectivity index (χ0) is 27.9. The van der Waals surface area contributed by atoms with Crippen molar-refractivity contribution in [3.05, 3.63) is 92.8 Å². The monoisotopic (exact) mass is 594 g/mol. The van der Waals surface area contributed by atoms with Crippen molar-refractivity contribution in [2.24, 2.45) is 0 Å². The molecule has 5 aromatic rings. The standard InChI is InChI=1S/C25H16Cl3F3N6O2/c1-39-16-6-3-13(4-7-16)19-9-21(25(29,30)31)37-22(32-19)10-20(34-37)24(38)33-23-18(28)12-36(35-23)11-14-2-5-15(26)8-17(14)27/h2-10,12H,11H2,1H3,(H,33,35,38). The van der Waals surface area contributed by atoms with Crippen molar-refractivity contribution in [2.45, 2.75) is 12.7 Å². The van der Waals surface area contributed by atoms with Crippen molar-refractivity contribution in [1.82, 2.24) is 24.4 Å². The molecule has 39 heavy (non-hydrogen) atoms. The van der Waals surface area contributed by atoms with Gasteiger partial charge in [-0.15, -0.1) is 0 Å². The van der Waals surface area contributed by atoms with Crippen LogP contribution in [0.15, 0.2) is 60.8 Å². The summed E-state index contributed by atoms with van der Waals surface area (Å²) in [5.41, 5.74) is -0.404. The van der Waals surface area contributed by atoms with Crippen molar-refractivity contribution >= 4 is 52.2 Å². The summed E-state index contributed by atoms with van der Waals surface area (Å²) in [7, 11) is 1.48. The van der Waals surface area contributed by atoms with Crippen LogP contribution in [-0.4, -0.2) is 37.4 Å². The molecule has 0 saturated heterocycles. The molecule has 0 unspecified atom stereocenters. The quantitative estimate of drug-likeness (QED) is 0.231. The van der Waals surface area contributed by atoms with E-state index in [1.807, 2.05) is 0 Å². The Morgan fingerprint density at radius 1 is 1.00 bits per heavy atom. The van der Waals surface area contributed by atoms with Crippen LogP contribution in [0.25, 0.3) is 16.9 Å². The van der Waals surface area contributed by atoms with Gasteiger partial charge in [0.25, 0.3) is 5.91 Å². The molecule has 1 N–H and O–H groups in total. The van der Waals surface area contributed by atoms with Gasteiger partial charge in [0.05, 0.1) is 19.3 Å². The maximum Gasteiger partial charge on any atom is 0.433 e. The highest BCUT2D eigenvalue weighted by molar-refractivity contribution is 6.35. The van der Waals surface area contributed by atoms with E-state index >= 15 is 0 Å². The smallest absolute Gasteiger partial charge is 0.433 e. The van der Waals surface area contributed by atoms with Gasteiger partial charge in [-0.25, -0.2) is 9.50 Å². The van der Waals surface area contributed by atoms with Gasteiger partial charge in [0, 0.05) is 27.9 Å². The largest absolute Gasteiger partial charge is 0.497 e. The molecule has 0 aliphatic carbocycles. The van der Waals surface area contributed by atoms with E-state index in [0.717, 1.165) is 12.1 Å². The van der Waals surface area contributed by atoms with Crippen LogP contribution < -0.4 is 10.1 Å². The molecule has 1 amide bonds. The van der Waals surface area contributed by atoms with Crippen LogP contribution in [0.1, 0.15) is 21.7 Å². The Labute approximate surface area is 233 Å². The maximum absolute atomic E-state index is 13.9. The Morgan fingerprint density at radius 3 is 2.41 bits per heavy atom. The number of rotatable bonds is 6. The van der Waals surface area contributed by atoms with E-state index in [-0.39, 0.29) is 34.4 Å². The molecule has 14 heteroatoms. The van der Waals surface area contributed by atoms with E-state index in [1.54, 1.807) is 42.5 Å². The Bertz CT molecular complexity index is 1700. The second kappa shape index (κ2) is 10.4. The van der Waals surface area contributed by atoms with Gasteiger partial charge in [-0.2, -0.15) is 23.4 Å². The normalized spacial score (nSPS) is 11.7. The van der Waals surface area contributed by atoms with E-state index in [9.17, 15) is 18.0 Å². The number of halogens is 6. The molecule has 0 aliphatic heterocycles. The predicted octanol–water partition coefficient (Wildman–Crippen LogP) is 6.88. The molecule has 0 fully saturated rings. The third-order valence-corrected chi connectivity index (χ3v) is 6.50. The first-order valence-corrected chi connectivity index (χ1v) is 12.3. The van der Waals surface area contributed by atoms with Crippen molar-refractivity contribution < 1.29 is 22.7 Å². The number of fused-ring (bicyclic) bond motifs is 1. The van der Waals surface area contributed by atoms with Crippen molar-refractivity contribution in [2.75, 3.05) is 12.4 Å². The molecule has 0 saturated carbocycles. The third kappa shape index (κ3) is 5.65. The van der Waals surface area contributed by atoms with Gasteiger partial charge >= 0.3 is 6.18 Å². The lowest BCUT2D eigenvalue weighted by atomic mass is 10.1. The van der Waals surface area contributed by atoms with Crippen LogP contribution in [0.4, 0.5) is 19.0 Å². The second-order valence-electron chi connectivity index (χ2n) is 8.27. The molecule has 0 bridgehead atoms. The van der Waals surface area contributed by atoms with Crippen LogP contribution in [0.2, 0.25) is 15.1 Å². The molecular formula is C25H16Cl3F3N6O2. The van der Waals surface area contributed by atoms with Crippen LogP contribution in [0, 0.1) is 0 Å². The average molecular weight is 596 g/mol. The summed E-state index contributed by atoms with van der Waals surface area (Å²) in [5, 5.41) is 11.6. The minimum absolute atomic E-state index is 0.00765. The first kappa shape index (κ1) is 26.8. The summed E-state index contributed by atoms with van der Waals surface area (Å²) < 4.78 is 48.9. The molecule has 8 nitrogen and oxygen atoms in total. The van der Waals surface area contributed by atoms with E-state index in [1.165, 1.54) is 18.0 Å². The molecule has 3 heterocycles. The number of anilines is 1. The van der Waals surface area contributed by atoms with Crippen molar-refractivity contribution in [3.8, 4) is 17.0 Å². The van der Waals surface area contributed by atoms with Crippen LogP contribution in [0.5, 0.6) is 5.75 Å². The van der Waals surface area contributed by atoms with Crippen LogP contribution in [-0.2, 0) is 12.7 Å². The SMILES string of the molecule is COc1ccc(-c2cc(C(F)(F)F)n3nc(C(=O)Nc4nn(Cc5ccc(Cl)cc5Cl)cc4Cl)cc3n2)cc1. The Hall–Kier alpha value is -3.80. The molecule has 5 rings (SSSR count). The second-order valence-corrected chi connectivity index (χ2v) is 9.52. The van der Waals surface area contributed by atoms with Gasteiger partial charge < -0.3 is 10.1 Å². The highest BCUT2D eigenvalue weighted by atomic mass is 35.5. The highest BCUT2D eigenvalue weighted by Gasteiger charge is 2.35. The molecule has 0 spiro atoms. The van der Waals surface area contributed by atoms with E-state index in [0.29, 0.717) is 31.4 Å². The summed E-state index contributed by atoms with van der Waals surface area (Å²) in [5.74, 6) is -0.292. The topological polar surface area (TPSA) is 86.3 Å². The fourth-order valence-corrected chi connectivity index (χ4v) is 4.42. The number of methoxy groups -OCH3 is 1. The molecule has 2 aromatic carbocycles. The summed E-state index contributed by atoms with van der Waals surface area (Å²) in [6.45, 7) is 0.229. The van der Waals surface area contributed by atoms with Gasteiger partial charge in [-0.05, 0) is 48.0 Å². The van der Waals surface area contributed by atoms with Gasteiger partial charge in [0.2, 0.25) is 0 Å². The number of ether oxygens (including phenoxy) is 1. The maximum atomic E-state index is 13.9. The number of nitrogens with one attached hydrogen (secondary N) is 1. The lowest BCUT2D eigenvalue weighted by Crippen LogP contribution is -2.16. The number of carbonyl (C=O) groups is 1. The van der Waals surface area contributed by atoms with Crippen molar-refractivity contribution in [1.29, 1.82) is 0 Å². The first-order chi connectivity index (χ1) is 18.5. The molecular weight excluding hydrogens is 580 g/mol. The first-order valence-electron chi connectivity index (χ1n) is 11.1. The summed E-state index contributed by atoms with van der Waals surface area (Å²) >= 11 is 18.4. The van der Waals surface area contributed by atoms with E-state index < -0.39 is 17.8 Å². The summed E-state index contributed by atoms with van der Waals surface area (Å²) in [6, 6.07) is 13.4. The van der Waals surface area contributed by atoms with Gasteiger partial charge in [0.1, 0.15) is 10.8 Å². The number of benzene rings is 2. The fourth-order valence-electron chi connectivity index (χ4n) is 3.76. The summed E-state index contributed by atoms with van der Waals surface area (Å²) in [6.07, 6.45) is -3.30. The predicted molar refractivity (Wildman–Crippen MR) is 141 cm³/mol. The highest BCUT2D eigenvalue weighted by Crippen LogP contribution is 2.33. The fraction of sp³-hybridized carbons (Fsp3) is 0.120. The summed E-state index contributed by atoms with van der Waals surface area (Å²) in [4.78, 5) is 17.2. The number of alkyl halides is 3. The number of carbonyl (C=O) groups excluding carboxylic acids is 1.